The normalized spacial score (nSPS) is 8.60. The van der Waals surface area contributed by atoms with Gasteiger partial charge in [-0.05, 0) is 0 Å². The fourth-order valence-corrected chi connectivity index (χ4v) is 1.25. The van der Waals surface area contributed by atoms with E-state index in [1.54, 1.807) is 11.7 Å². The van der Waals surface area contributed by atoms with Crippen molar-refractivity contribution in [2.45, 2.75) is 13.8 Å². The Hall–Kier alpha value is -2.31. The minimum Gasteiger partial charge on any atom is -0.382 e. The zero-order valence-corrected chi connectivity index (χ0v) is 11.9. The van der Waals surface area contributed by atoms with Crippen LogP contribution in [-0.2, 0) is 0 Å². The van der Waals surface area contributed by atoms with Crippen LogP contribution >= 0.6 is 0 Å². The second-order valence-electron chi connectivity index (χ2n) is 3.23. The van der Waals surface area contributed by atoms with Crippen molar-refractivity contribution in [3.63, 3.8) is 0 Å². The van der Waals surface area contributed by atoms with E-state index in [0.29, 0.717) is 12.0 Å². The third-order valence-electron chi connectivity index (χ3n) is 2.01. The van der Waals surface area contributed by atoms with Crippen molar-refractivity contribution in [2.24, 2.45) is 0 Å². The third-order valence-corrected chi connectivity index (χ3v) is 2.01. The van der Waals surface area contributed by atoms with Gasteiger partial charge in [-0.25, -0.2) is 15.4 Å². The number of aldehydes is 1. The summed E-state index contributed by atoms with van der Waals surface area (Å²) in [5.41, 5.74) is 8.96. The van der Waals surface area contributed by atoms with E-state index < -0.39 is 0 Å². The zero-order chi connectivity index (χ0) is 15.4. The van der Waals surface area contributed by atoms with E-state index >= 15 is 0 Å². The first-order valence-electron chi connectivity index (χ1n) is 6.17. The molecule has 2 aromatic rings. The van der Waals surface area contributed by atoms with Crippen molar-refractivity contribution in [1.29, 1.82) is 0 Å². The number of carbonyl (C=O) groups is 1. The molecule has 0 saturated heterocycles. The molecule has 6 heteroatoms. The van der Waals surface area contributed by atoms with E-state index in [9.17, 15) is 4.79 Å². The molecule has 108 valence electrons. The van der Waals surface area contributed by atoms with Gasteiger partial charge >= 0.3 is 0 Å². The third kappa shape index (κ3) is 5.55. The predicted octanol–water partition coefficient (Wildman–Crippen LogP) is 2.16. The fraction of sp³-hybridized carbons (Fsp3) is 0.214. The maximum atomic E-state index is 10.6. The number of nitrogens with two attached hydrogens (primary N) is 1. The molecule has 0 bridgehead atoms. The monoisotopic (exact) mass is 276 g/mol. The van der Waals surface area contributed by atoms with Gasteiger partial charge in [0.25, 0.3) is 0 Å². The number of anilines is 1. The Morgan fingerprint density at radius 1 is 1.25 bits per heavy atom. The van der Waals surface area contributed by atoms with Crippen LogP contribution in [0.5, 0.6) is 0 Å². The highest BCUT2D eigenvalue weighted by Gasteiger charge is 2.04. The number of carbonyl (C=O) groups excluding carboxylic acids is 1. The van der Waals surface area contributed by atoms with E-state index in [0.717, 1.165) is 5.56 Å². The standard InChI is InChI=1S/C11H9N3O.C2H6.CH5NO/c12-11-10(7-15)14-9(6-13-11)8-4-2-1-3-5-8;1-2;1-2-3/h1-7H,(H2,12,13);1-2H3;2-3H,1H3. The van der Waals surface area contributed by atoms with Crippen LogP contribution < -0.4 is 11.2 Å². The summed E-state index contributed by atoms with van der Waals surface area (Å²) in [7, 11) is 1.43. The minimum atomic E-state index is 0.157. The average Bonchev–Trinajstić information content (AvgIpc) is 2.51. The molecule has 1 aromatic carbocycles. The smallest absolute Gasteiger partial charge is 0.172 e. The first kappa shape index (κ1) is 17.7. The number of benzene rings is 1. The molecule has 0 aliphatic rings. The lowest BCUT2D eigenvalue weighted by atomic mass is 10.1. The number of aromatic nitrogens is 2. The van der Waals surface area contributed by atoms with Crippen LogP contribution in [-0.4, -0.2) is 28.5 Å². The van der Waals surface area contributed by atoms with Crippen molar-refractivity contribution < 1.29 is 10.0 Å². The van der Waals surface area contributed by atoms with Crippen LogP contribution in [0.2, 0.25) is 0 Å². The van der Waals surface area contributed by atoms with Crippen LogP contribution in [0.25, 0.3) is 11.3 Å². The molecule has 20 heavy (non-hydrogen) atoms. The molecule has 0 radical (unpaired) electrons. The molecule has 6 nitrogen and oxygen atoms in total. The molecule has 0 aliphatic heterocycles. The van der Waals surface area contributed by atoms with E-state index in [4.69, 9.17) is 10.9 Å². The molecule has 0 amide bonds. The Kier molecular flexibility index (Phi) is 9.37. The SMILES string of the molecule is CC.CNO.Nc1ncc(-c2ccccc2)nc1C=O. The first-order valence-corrected chi connectivity index (χ1v) is 6.17. The topological polar surface area (TPSA) is 101 Å². The summed E-state index contributed by atoms with van der Waals surface area (Å²) >= 11 is 0. The van der Waals surface area contributed by atoms with Gasteiger partial charge in [0.05, 0.1) is 11.9 Å². The number of hydrogen-bond acceptors (Lipinski definition) is 6. The lowest BCUT2D eigenvalue weighted by Crippen LogP contribution is -2.00. The maximum Gasteiger partial charge on any atom is 0.172 e. The quantitative estimate of drug-likeness (QED) is 0.574. The summed E-state index contributed by atoms with van der Waals surface area (Å²) in [5, 5.41) is 7.32. The highest BCUT2D eigenvalue weighted by Crippen LogP contribution is 2.16. The van der Waals surface area contributed by atoms with Crippen molar-refractivity contribution in [3.05, 3.63) is 42.2 Å². The second-order valence-corrected chi connectivity index (χ2v) is 3.23. The molecular weight excluding hydrogens is 256 g/mol. The Balaban J connectivity index is 0.000000641. The predicted molar refractivity (Wildman–Crippen MR) is 79.5 cm³/mol. The maximum absolute atomic E-state index is 10.6. The zero-order valence-electron chi connectivity index (χ0n) is 11.9. The number of nitrogen functional groups attached to an aromatic ring is 1. The summed E-state index contributed by atoms with van der Waals surface area (Å²) in [4.78, 5) is 18.6. The van der Waals surface area contributed by atoms with Crippen LogP contribution in [0, 0.1) is 0 Å². The molecule has 1 heterocycles. The molecule has 4 N–H and O–H groups in total. The molecule has 0 fully saturated rings. The van der Waals surface area contributed by atoms with Gasteiger partial charge in [0.1, 0.15) is 5.69 Å². The Morgan fingerprint density at radius 2 is 1.80 bits per heavy atom. The molecular formula is C14H20N4O2. The molecule has 1 aromatic heterocycles. The van der Waals surface area contributed by atoms with Gasteiger partial charge in [-0.1, -0.05) is 44.2 Å². The number of hydroxylamine groups is 1. The highest BCUT2D eigenvalue weighted by molar-refractivity contribution is 5.79. The summed E-state index contributed by atoms with van der Waals surface area (Å²) in [5.74, 6) is 0.157. The molecule has 0 atom stereocenters. The van der Waals surface area contributed by atoms with Crippen LogP contribution in [0.3, 0.4) is 0 Å². The Bertz CT molecular complexity index is 504. The second kappa shape index (κ2) is 10.6. The lowest BCUT2D eigenvalue weighted by Gasteiger charge is -2.02. The van der Waals surface area contributed by atoms with Gasteiger partial charge < -0.3 is 10.9 Å². The van der Waals surface area contributed by atoms with Gasteiger partial charge in [-0.15, -0.1) is 0 Å². The van der Waals surface area contributed by atoms with E-state index in [1.807, 2.05) is 44.2 Å². The van der Waals surface area contributed by atoms with Gasteiger partial charge in [0.15, 0.2) is 12.1 Å². The highest BCUT2D eigenvalue weighted by atomic mass is 16.5. The molecule has 0 saturated carbocycles. The van der Waals surface area contributed by atoms with Crippen LogP contribution in [0.15, 0.2) is 36.5 Å². The van der Waals surface area contributed by atoms with Crippen LogP contribution in [0.4, 0.5) is 5.82 Å². The van der Waals surface area contributed by atoms with E-state index in [2.05, 4.69) is 9.97 Å². The summed E-state index contributed by atoms with van der Waals surface area (Å²) in [6.45, 7) is 4.00. The summed E-state index contributed by atoms with van der Waals surface area (Å²) in [6, 6.07) is 9.50. The number of nitrogens with zero attached hydrogens (tertiary/aromatic N) is 2. The van der Waals surface area contributed by atoms with Crippen LogP contribution in [0.1, 0.15) is 24.3 Å². The van der Waals surface area contributed by atoms with Crippen molar-refractivity contribution in [1.82, 2.24) is 15.4 Å². The average molecular weight is 276 g/mol. The van der Waals surface area contributed by atoms with Crippen molar-refractivity contribution >= 4 is 12.1 Å². The van der Waals surface area contributed by atoms with E-state index in [-0.39, 0.29) is 11.5 Å². The van der Waals surface area contributed by atoms with E-state index in [1.165, 1.54) is 7.05 Å². The fourth-order valence-electron chi connectivity index (χ4n) is 1.25. The van der Waals surface area contributed by atoms with Gasteiger partial charge in [-0.2, -0.15) is 0 Å². The molecule has 0 unspecified atom stereocenters. The number of hydrogen-bond donors (Lipinski definition) is 3. The molecule has 0 aliphatic carbocycles. The largest absolute Gasteiger partial charge is 0.382 e. The number of rotatable bonds is 2. The minimum absolute atomic E-state index is 0.157. The Labute approximate surface area is 118 Å². The number of nitrogens with one attached hydrogen (secondary N) is 1. The molecule has 2 rings (SSSR count). The van der Waals surface area contributed by atoms with Crippen molar-refractivity contribution in [2.75, 3.05) is 12.8 Å². The lowest BCUT2D eigenvalue weighted by molar-refractivity contribution is 0.111. The summed E-state index contributed by atoms with van der Waals surface area (Å²) in [6.07, 6.45) is 2.16. The van der Waals surface area contributed by atoms with Gasteiger partial charge in [0.2, 0.25) is 0 Å². The Morgan fingerprint density at radius 3 is 2.30 bits per heavy atom. The van der Waals surface area contributed by atoms with Gasteiger partial charge in [-0.3, -0.25) is 4.79 Å². The first-order chi connectivity index (χ1) is 9.72. The molecule has 0 spiro atoms. The van der Waals surface area contributed by atoms with Gasteiger partial charge in [0, 0.05) is 12.6 Å². The summed E-state index contributed by atoms with van der Waals surface area (Å²) < 4.78 is 0. The van der Waals surface area contributed by atoms with Crippen molar-refractivity contribution in [3.8, 4) is 11.3 Å².